The van der Waals surface area contributed by atoms with E-state index in [-0.39, 0.29) is 24.1 Å². The summed E-state index contributed by atoms with van der Waals surface area (Å²) in [6, 6.07) is 9.27. The Morgan fingerprint density at radius 1 is 1.35 bits per heavy atom. The molecule has 0 saturated carbocycles. The highest BCUT2D eigenvalue weighted by atomic mass is 19.1. The summed E-state index contributed by atoms with van der Waals surface area (Å²) >= 11 is 0. The van der Waals surface area contributed by atoms with E-state index in [4.69, 9.17) is 10.3 Å². The lowest BCUT2D eigenvalue weighted by atomic mass is 9.91. The summed E-state index contributed by atoms with van der Waals surface area (Å²) in [5, 5.41) is 11.5. The number of nitrogens with zero attached hydrogens (tertiary/aromatic N) is 5. The van der Waals surface area contributed by atoms with Crippen LogP contribution in [0.25, 0.3) is 11.4 Å². The Hall–Kier alpha value is -3.92. The van der Waals surface area contributed by atoms with Crippen molar-refractivity contribution >= 4 is 18.0 Å². The maximum absolute atomic E-state index is 14.3. The van der Waals surface area contributed by atoms with Crippen molar-refractivity contribution in [2.45, 2.75) is 39.0 Å². The van der Waals surface area contributed by atoms with Gasteiger partial charge < -0.3 is 15.6 Å². The minimum absolute atomic E-state index is 0.168. The molecule has 2 aromatic heterocycles. The Balaban J connectivity index is 1.65. The molecular formula is C24H26FN7O2. The largest absolute Gasteiger partial charge is 0.364 e. The number of benzene rings is 1. The number of aliphatic imine (C=N–C) groups is 2. The average molecular weight is 464 g/mol. The van der Waals surface area contributed by atoms with Crippen LogP contribution in [0.2, 0.25) is 0 Å². The first kappa shape index (κ1) is 23.2. The van der Waals surface area contributed by atoms with Crippen LogP contribution < -0.4 is 11.1 Å². The molecule has 34 heavy (non-hydrogen) atoms. The van der Waals surface area contributed by atoms with Crippen LogP contribution in [-0.2, 0) is 11.3 Å². The number of aromatic nitrogens is 3. The number of amidine groups is 1. The summed E-state index contributed by atoms with van der Waals surface area (Å²) in [6.45, 7) is 9.07. The standard InChI is InChI=1S/C24H26FN7O2/c1-5-23(2,3)22(33)28-20-13-27-21(29-24(20,4)26)18-12-19(17-10-11-34-31-17)32(30-18)14-15-8-6-7-9-16(15)25/h5-13,20H,1,14,26H2,2-4H3,(H,28,33). The zero-order valence-electron chi connectivity index (χ0n) is 19.2. The van der Waals surface area contributed by atoms with Gasteiger partial charge in [-0.25, -0.2) is 14.4 Å². The molecule has 2 atom stereocenters. The van der Waals surface area contributed by atoms with E-state index in [0.717, 1.165) is 0 Å². The zero-order chi connectivity index (χ0) is 24.5. The van der Waals surface area contributed by atoms with Crippen LogP contribution in [0.3, 0.4) is 0 Å². The van der Waals surface area contributed by atoms with E-state index < -0.39 is 17.1 Å². The van der Waals surface area contributed by atoms with Crippen LogP contribution in [0.1, 0.15) is 32.0 Å². The Morgan fingerprint density at radius 3 is 2.76 bits per heavy atom. The number of carbonyl (C=O) groups excluding carboxylic acids is 1. The number of nitrogens with one attached hydrogen (secondary N) is 1. The summed E-state index contributed by atoms with van der Waals surface area (Å²) in [7, 11) is 0. The highest BCUT2D eigenvalue weighted by Gasteiger charge is 2.36. The van der Waals surface area contributed by atoms with Crippen molar-refractivity contribution in [3.63, 3.8) is 0 Å². The second-order valence-electron chi connectivity index (χ2n) is 8.86. The quantitative estimate of drug-likeness (QED) is 0.522. The topological polar surface area (TPSA) is 124 Å². The first-order valence-corrected chi connectivity index (χ1v) is 10.7. The number of hydrogen-bond donors (Lipinski definition) is 2. The third-order valence-electron chi connectivity index (χ3n) is 5.69. The van der Waals surface area contributed by atoms with Gasteiger partial charge in [0.25, 0.3) is 0 Å². The SMILES string of the molecule is C=CC(C)(C)C(=O)NC1C=NC(c2cc(-c3ccon3)n(Cc3ccccc3F)n2)=NC1(C)N. The molecule has 2 unspecified atom stereocenters. The smallest absolute Gasteiger partial charge is 0.230 e. The molecule has 176 valence electrons. The lowest BCUT2D eigenvalue weighted by Gasteiger charge is -2.33. The average Bonchev–Trinajstić information content (AvgIpc) is 3.46. The molecule has 1 aromatic carbocycles. The lowest BCUT2D eigenvalue weighted by Crippen LogP contribution is -2.59. The Bertz CT molecular complexity index is 1270. The van der Waals surface area contributed by atoms with Gasteiger partial charge in [0.15, 0.2) is 5.84 Å². The van der Waals surface area contributed by atoms with Crippen LogP contribution >= 0.6 is 0 Å². The predicted molar refractivity (Wildman–Crippen MR) is 127 cm³/mol. The second-order valence-corrected chi connectivity index (χ2v) is 8.86. The van der Waals surface area contributed by atoms with Crippen LogP contribution in [0.5, 0.6) is 0 Å². The number of rotatable bonds is 7. The van der Waals surface area contributed by atoms with E-state index in [1.54, 1.807) is 68.1 Å². The fourth-order valence-electron chi connectivity index (χ4n) is 3.33. The fraction of sp³-hybridized carbons (Fsp3) is 0.292. The number of hydrogen-bond acceptors (Lipinski definition) is 7. The number of amides is 1. The van der Waals surface area contributed by atoms with Gasteiger partial charge in [0.2, 0.25) is 5.91 Å². The van der Waals surface area contributed by atoms with Crippen LogP contribution in [0.4, 0.5) is 4.39 Å². The van der Waals surface area contributed by atoms with Gasteiger partial charge in [-0.15, -0.1) is 6.58 Å². The first-order chi connectivity index (χ1) is 16.1. The molecule has 3 heterocycles. The molecule has 1 aliphatic heterocycles. The van der Waals surface area contributed by atoms with Crippen molar-refractivity contribution in [1.29, 1.82) is 0 Å². The van der Waals surface area contributed by atoms with Gasteiger partial charge in [0.1, 0.15) is 35.2 Å². The number of carbonyl (C=O) groups is 1. The molecule has 1 aliphatic rings. The lowest BCUT2D eigenvalue weighted by molar-refractivity contribution is -0.127. The summed E-state index contributed by atoms with van der Waals surface area (Å²) < 4.78 is 20.9. The third-order valence-corrected chi connectivity index (χ3v) is 5.69. The molecule has 0 saturated heterocycles. The minimum Gasteiger partial charge on any atom is -0.364 e. The molecule has 9 nitrogen and oxygen atoms in total. The molecule has 4 rings (SSSR count). The highest BCUT2D eigenvalue weighted by Crippen LogP contribution is 2.24. The molecule has 0 bridgehead atoms. The van der Waals surface area contributed by atoms with E-state index in [0.29, 0.717) is 22.6 Å². The summed E-state index contributed by atoms with van der Waals surface area (Å²) in [4.78, 5) is 21.5. The maximum atomic E-state index is 14.3. The molecule has 3 N–H and O–H groups in total. The molecule has 1 amide bonds. The Kier molecular flexibility index (Phi) is 6.01. The molecule has 3 aromatic rings. The molecule has 0 spiro atoms. The van der Waals surface area contributed by atoms with Crippen molar-refractivity contribution in [3.8, 4) is 11.4 Å². The van der Waals surface area contributed by atoms with E-state index in [9.17, 15) is 9.18 Å². The van der Waals surface area contributed by atoms with E-state index >= 15 is 0 Å². The second kappa shape index (κ2) is 8.79. The van der Waals surface area contributed by atoms with Gasteiger partial charge >= 0.3 is 0 Å². The minimum atomic E-state index is -1.17. The van der Waals surface area contributed by atoms with Gasteiger partial charge in [-0.05, 0) is 32.9 Å². The Labute approximate surface area is 196 Å². The van der Waals surface area contributed by atoms with Crippen LogP contribution in [0, 0.1) is 11.2 Å². The monoisotopic (exact) mass is 463 g/mol. The molecular weight excluding hydrogens is 437 g/mol. The normalized spacial score (nSPS) is 20.1. The van der Waals surface area contributed by atoms with Crippen LogP contribution in [-0.4, -0.2) is 44.6 Å². The fourth-order valence-corrected chi connectivity index (χ4v) is 3.33. The predicted octanol–water partition coefficient (Wildman–Crippen LogP) is 2.93. The van der Waals surface area contributed by atoms with Gasteiger partial charge in [0.05, 0.1) is 17.7 Å². The van der Waals surface area contributed by atoms with Gasteiger partial charge in [-0.3, -0.25) is 9.48 Å². The number of nitrogens with two attached hydrogens (primary N) is 1. The van der Waals surface area contributed by atoms with Gasteiger partial charge in [0, 0.05) is 17.8 Å². The molecule has 0 fully saturated rings. The van der Waals surface area contributed by atoms with E-state index in [1.165, 1.54) is 12.3 Å². The maximum Gasteiger partial charge on any atom is 0.230 e. The van der Waals surface area contributed by atoms with Crippen LogP contribution in [0.15, 0.2) is 69.8 Å². The highest BCUT2D eigenvalue weighted by molar-refractivity contribution is 6.05. The van der Waals surface area contributed by atoms with E-state index in [1.807, 2.05) is 0 Å². The molecule has 0 aliphatic carbocycles. The molecule has 10 heteroatoms. The first-order valence-electron chi connectivity index (χ1n) is 10.7. The molecule has 0 radical (unpaired) electrons. The van der Waals surface area contributed by atoms with Crippen molar-refractivity contribution in [1.82, 2.24) is 20.3 Å². The van der Waals surface area contributed by atoms with Gasteiger partial charge in [-0.2, -0.15) is 5.10 Å². The zero-order valence-corrected chi connectivity index (χ0v) is 19.2. The van der Waals surface area contributed by atoms with Crippen molar-refractivity contribution in [3.05, 3.63) is 72.4 Å². The number of halogens is 1. The summed E-state index contributed by atoms with van der Waals surface area (Å²) in [6.07, 6.45) is 4.56. The van der Waals surface area contributed by atoms with Crippen molar-refractivity contribution in [2.24, 2.45) is 21.1 Å². The third kappa shape index (κ3) is 4.58. The van der Waals surface area contributed by atoms with Gasteiger partial charge in [-0.1, -0.05) is 29.4 Å². The Morgan fingerprint density at radius 2 is 2.12 bits per heavy atom. The van der Waals surface area contributed by atoms with E-state index in [2.05, 4.69) is 32.1 Å². The summed E-state index contributed by atoms with van der Waals surface area (Å²) in [5.74, 6) is -0.290. The van der Waals surface area contributed by atoms with Crippen molar-refractivity contribution < 1.29 is 13.7 Å². The summed E-state index contributed by atoms with van der Waals surface area (Å²) in [5.41, 5.74) is 6.52. The van der Waals surface area contributed by atoms with Crippen molar-refractivity contribution in [2.75, 3.05) is 0 Å².